The normalized spacial score (nSPS) is 11.7. The second-order valence-corrected chi connectivity index (χ2v) is 10.2. The van der Waals surface area contributed by atoms with E-state index in [1.165, 1.54) is 29.7 Å². The summed E-state index contributed by atoms with van der Waals surface area (Å²) >= 11 is 1.99. The number of para-hydroxylation sites is 1. The monoisotopic (exact) mass is 413 g/mol. The van der Waals surface area contributed by atoms with Crippen LogP contribution in [0.15, 0.2) is 65.6 Å². The molecule has 5 heteroatoms. The molecule has 0 saturated carbocycles. The molecule has 0 aliphatic carbocycles. The molecule has 0 spiro atoms. The van der Waals surface area contributed by atoms with Crippen LogP contribution in [0, 0.1) is 6.92 Å². The molecule has 0 N–H and O–H groups in total. The van der Waals surface area contributed by atoms with Gasteiger partial charge in [-0.25, -0.2) is 8.42 Å². The Kier molecular flexibility index (Phi) is 6.68. The van der Waals surface area contributed by atoms with Crippen molar-refractivity contribution in [3.05, 3.63) is 71.9 Å². The average Bonchev–Trinajstić information content (AvgIpc) is 3.02. The van der Waals surface area contributed by atoms with E-state index in [2.05, 4.69) is 36.6 Å². The summed E-state index contributed by atoms with van der Waals surface area (Å²) in [4.78, 5) is 0.349. The molecule has 3 rings (SSSR count). The minimum Gasteiger partial charge on any atom is -0.314 e. The number of thioether (sulfide) groups is 1. The molecule has 0 atom stereocenters. The van der Waals surface area contributed by atoms with E-state index in [9.17, 15) is 8.42 Å². The number of aromatic nitrogens is 1. The third-order valence-electron chi connectivity index (χ3n) is 4.81. The predicted octanol–water partition coefficient (Wildman–Crippen LogP) is 5.54. The van der Waals surface area contributed by atoms with Gasteiger partial charge in [0.15, 0.2) is 9.84 Å². The van der Waals surface area contributed by atoms with Crippen molar-refractivity contribution in [3.8, 4) is 16.9 Å². The number of hydrogen-bond donors (Lipinski definition) is 0. The third-order valence-corrected chi connectivity index (χ3v) is 7.13. The smallest absolute Gasteiger partial charge is 0.175 e. The number of rotatable bonds is 8. The molecule has 28 heavy (non-hydrogen) atoms. The van der Waals surface area contributed by atoms with Gasteiger partial charge in [-0.1, -0.05) is 37.3 Å². The van der Waals surface area contributed by atoms with E-state index in [1.54, 1.807) is 12.1 Å². The summed E-state index contributed by atoms with van der Waals surface area (Å²) in [6, 6.07) is 19.8. The second kappa shape index (κ2) is 9.01. The van der Waals surface area contributed by atoms with Crippen LogP contribution >= 0.6 is 11.8 Å². The highest BCUT2D eigenvalue weighted by Crippen LogP contribution is 2.31. The zero-order chi connectivity index (χ0) is 20.1. The Morgan fingerprint density at radius 2 is 1.64 bits per heavy atom. The van der Waals surface area contributed by atoms with Crippen LogP contribution in [0.2, 0.25) is 0 Å². The molecule has 0 radical (unpaired) electrons. The Balaban J connectivity index is 2.03. The van der Waals surface area contributed by atoms with Crippen LogP contribution in [0.4, 0.5) is 0 Å². The quantitative estimate of drug-likeness (QED) is 0.455. The summed E-state index contributed by atoms with van der Waals surface area (Å²) < 4.78 is 25.9. The van der Waals surface area contributed by atoms with Crippen molar-refractivity contribution in [2.24, 2.45) is 0 Å². The Labute approximate surface area is 172 Å². The van der Waals surface area contributed by atoms with Crippen LogP contribution in [-0.4, -0.2) is 30.7 Å². The minimum atomic E-state index is -3.19. The molecule has 0 saturated heterocycles. The van der Waals surface area contributed by atoms with Crippen molar-refractivity contribution in [1.29, 1.82) is 0 Å². The van der Waals surface area contributed by atoms with Gasteiger partial charge in [0, 0.05) is 17.6 Å². The van der Waals surface area contributed by atoms with Gasteiger partial charge in [-0.2, -0.15) is 11.8 Å². The van der Waals surface area contributed by atoms with E-state index in [4.69, 9.17) is 0 Å². The van der Waals surface area contributed by atoms with Crippen molar-refractivity contribution in [2.45, 2.75) is 31.6 Å². The third kappa shape index (κ3) is 4.70. The van der Waals surface area contributed by atoms with Crippen LogP contribution in [0.25, 0.3) is 16.9 Å². The maximum absolute atomic E-state index is 11.8. The number of sulfone groups is 1. The molecule has 148 valence electrons. The first-order chi connectivity index (χ1) is 13.4. The molecule has 0 unspecified atom stereocenters. The maximum atomic E-state index is 11.8. The van der Waals surface area contributed by atoms with Gasteiger partial charge < -0.3 is 4.57 Å². The fourth-order valence-electron chi connectivity index (χ4n) is 3.34. The van der Waals surface area contributed by atoms with E-state index in [0.717, 1.165) is 29.1 Å². The van der Waals surface area contributed by atoms with Crippen LogP contribution in [0.1, 0.15) is 24.6 Å². The van der Waals surface area contributed by atoms with E-state index < -0.39 is 9.84 Å². The van der Waals surface area contributed by atoms with Gasteiger partial charge >= 0.3 is 0 Å². The molecular weight excluding hydrogens is 386 g/mol. The highest BCUT2D eigenvalue weighted by atomic mass is 32.2. The van der Waals surface area contributed by atoms with E-state index in [1.807, 2.05) is 42.1 Å². The molecule has 0 bridgehead atoms. The molecule has 3 aromatic rings. The molecule has 0 aliphatic rings. The van der Waals surface area contributed by atoms with E-state index >= 15 is 0 Å². The van der Waals surface area contributed by atoms with Gasteiger partial charge in [-0.15, -0.1) is 0 Å². The van der Waals surface area contributed by atoms with Gasteiger partial charge in [0.25, 0.3) is 0 Å². The van der Waals surface area contributed by atoms with Crippen molar-refractivity contribution < 1.29 is 8.42 Å². The van der Waals surface area contributed by atoms with Crippen LogP contribution in [-0.2, 0) is 16.3 Å². The van der Waals surface area contributed by atoms with E-state index in [-0.39, 0.29) is 0 Å². The summed E-state index contributed by atoms with van der Waals surface area (Å²) in [5.41, 5.74) is 5.82. The molecule has 0 amide bonds. The zero-order valence-corrected chi connectivity index (χ0v) is 18.3. The van der Waals surface area contributed by atoms with Gasteiger partial charge in [0.2, 0.25) is 0 Å². The first-order valence-electron chi connectivity index (χ1n) is 9.56. The molecule has 1 heterocycles. The minimum absolute atomic E-state index is 0.349. The molecule has 2 aromatic carbocycles. The van der Waals surface area contributed by atoms with Gasteiger partial charge in [0.05, 0.1) is 10.6 Å². The maximum Gasteiger partial charge on any atom is 0.175 e. The second-order valence-electron chi connectivity index (χ2n) is 6.97. The first-order valence-corrected chi connectivity index (χ1v) is 12.6. The Hall–Kier alpha value is -1.98. The van der Waals surface area contributed by atoms with E-state index in [0.29, 0.717) is 4.90 Å². The summed E-state index contributed by atoms with van der Waals surface area (Å²) in [5.74, 6) is 2.30. The van der Waals surface area contributed by atoms with Crippen LogP contribution in [0.3, 0.4) is 0 Å². The fraction of sp³-hybridized carbons (Fsp3) is 0.304. The van der Waals surface area contributed by atoms with Crippen molar-refractivity contribution in [2.75, 3.05) is 17.8 Å². The van der Waals surface area contributed by atoms with Crippen molar-refractivity contribution >= 4 is 21.6 Å². The Bertz CT molecular complexity index is 1020. The number of aryl methyl sites for hydroxylation is 1. The topological polar surface area (TPSA) is 39.1 Å². The summed E-state index contributed by atoms with van der Waals surface area (Å²) in [6.45, 7) is 4.38. The van der Waals surface area contributed by atoms with Gasteiger partial charge in [-0.05, 0) is 72.7 Å². The Morgan fingerprint density at radius 1 is 0.964 bits per heavy atom. The predicted molar refractivity (Wildman–Crippen MR) is 120 cm³/mol. The largest absolute Gasteiger partial charge is 0.314 e. The summed E-state index contributed by atoms with van der Waals surface area (Å²) in [5, 5.41) is 0. The standard InChI is InChI=1S/C23H27NO2S2/c1-4-15-27-16-14-20-17-23(19-10-12-22(13-11-19)28(3,25)26)24(18(20)2)21-8-6-5-7-9-21/h5-13,17H,4,14-16H2,1-3H3. The molecular formula is C23H27NO2S2. The number of benzene rings is 2. The highest BCUT2D eigenvalue weighted by Gasteiger charge is 2.15. The molecule has 0 aliphatic heterocycles. The first kappa shape index (κ1) is 20.7. The fourth-order valence-corrected chi connectivity index (χ4v) is 4.82. The number of nitrogens with zero attached hydrogens (tertiary/aromatic N) is 1. The summed E-state index contributed by atoms with van der Waals surface area (Å²) in [6.07, 6.45) is 3.47. The average molecular weight is 414 g/mol. The molecule has 1 aromatic heterocycles. The molecule has 3 nitrogen and oxygen atoms in total. The lowest BCUT2D eigenvalue weighted by Gasteiger charge is -2.13. The van der Waals surface area contributed by atoms with Gasteiger partial charge in [0.1, 0.15) is 0 Å². The van der Waals surface area contributed by atoms with Crippen molar-refractivity contribution in [1.82, 2.24) is 4.57 Å². The lowest BCUT2D eigenvalue weighted by atomic mass is 10.1. The van der Waals surface area contributed by atoms with Gasteiger partial charge in [-0.3, -0.25) is 0 Å². The van der Waals surface area contributed by atoms with Crippen LogP contribution < -0.4 is 0 Å². The zero-order valence-electron chi connectivity index (χ0n) is 16.7. The molecule has 0 fully saturated rings. The number of hydrogen-bond acceptors (Lipinski definition) is 3. The van der Waals surface area contributed by atoms with Crippen molar-refractivity contribution in [3.63, 3.8) is 0 Å². The Morgan fingerprint density at radius 3 is 2.25 bits per heavy atom. The van der Waals surface area contributed by atoms with Crippen LogP contribution in [0.5, 0.6) is 0 Å². The SMILES string of the molecule is CCCSCCc1cc(-c2ccc(S(C)(=O)=O)cc2)n(-c2ccccc2)c1C. The summed E-state index contributed by atoms with van der Waals surface area (Å²) in [7, 11) is -3.19. The highest BCUT2D eigenvalue weighted by molar-refractivity contribution is 7.99. The lowest BCUT2D eigenvalue weighted by molar-refractivity contribution is 0.602. The lowest BCUT2D eigenvalue weighted by Crippen LogP contribution is -2.01.